The highest BCUT2D eigenvalue weighted by molar-refractivity contribution is 9.10. The van der Waals surface area contributed by atoms with Crippen LogP contribution in [0.15, 0.2) is 40.9 Å². The molecule has 1 atom stereocenters. The minimum Gasteiger partial charge on any atom is -0.497 e. The molecule has 0 aliphatic heterocycles. The number of benzene rings is 2. The lowest BCUT2D eigenvalue weighted by molar-refractivity contribution is 0.397. The summed E-state index contributed by atoms with van der Waals surface area (Å²) in [6.45, 7) is 1.94. The molecule has 0 aliphatic carbocycles. The number of halogens is 2. The number of hydrogen-bond acceptors (Lipinski definition) is 3. The van der Waals surface area contributed by atoms with E-state index >= 15 is 0 Å². The maximum Gasteiger partial charge on any atom is 0.146 e. The molecule has 0 aliphatic rings. The van der Waals surface area contributed by atoms with Gasteiger partial charge in [-0.15, -0.1) is 0 Å². The van der Waals surface area contributed by atoms with E-state index < -0.39 is 0 Å². The van der Waals surface area contributed by atoms with Crippen molar-refractivity contribution in [3.8, 4) is 11.5 Å². The molecule has 0 saturated heterocycles. The maximum absolute atomic E-state index is 13.8. The molecule has 0 heterocycles. The summed E-state index contributed by atoms with van der Waals surface area (Å²) in [4.78, 5) is 0. The molecule has 2 aromatic rings. The summed E-state index contributed by atoms with van der Waals surface area (Å²) in [6.07, 6.45) is 0. The Bertz CT molecular complexity index is 634. The van der Waals surface area contributed by atoms with Crippen LogP contribution in [-0.4, -0.2) is 14.2 Å². The predicted octanol–water partition coefficient (Wildman–Crippen LogP) is 4.78. The first-order valence-corrected chi connectivity index (χ1v) is 7.28. The molecule has 2 rings (SSSR count). The van der Waals surface area contributed by atoms with E-state index in [1.54, 1.807) is 26.4 Å². The highest BCUT2D eigenvalue weighted by atomic mass is 79.9. The van der Waals surface area contributed by atoms with Crippen LogP contribution in [0.2, 0.25) is 0 Å². The number of anilines is 1. The van der Waals surface area contributed by atoms with E-state index in [9.17, 15) is 4.39 Å². The molecule has 0 saturated carbocycles. The van der Waals surface area contributed by atoms with Gasteiger partial charge in [0, 0.05) is 10.0 Å². The van der Waals surface area contributed by atoms with Crippen LogP contribution < -0.4 is 14.8 Å². The van der Waals surface area contributed by atoms with Gasteiger partial charge in [-0.05, 0) is 43.3 Å². The zero-order chi connectivity index (χ0) is 15.4. The van der Waals surface area contributed by atoms with E-state index in [0.29, 0.717) is 5.69 Å². The average Bonchev–Trinajstić information content (AvgIpc) is 2.50. The van der Waals surface area contributed by atoms with Gasteiger partial charge in [-0.2, -0.15) is 0 Å². The summed E-state index contributed by atoms with van der Waals surface area (Å²) in [7, 11) is 3.22. The van der Waals surface area contributed by atoms with Gasteiger partial charge in [0.25, 0.3) is 0 Å². The van der Waals surface area contributed by atoms with Crippen molar-refractivity contribution in [1.82, 2.24) is 0 Å². The van der Waals surface area contributed by atoms with Crippen molar-refractivity contribution in [2.45, 2.75) is 13.0 Å². The summed E-state index contributed by atoms with van der Waals surface area (Å²) < 4.78 is 25.2. The fourth-order valence-electron chi connectivity index (χ4n) is 2.10. The van der Waals surface area contributed by atoms with Gasteiger partial charge in [0.15, 0.2) is 0 Å². The Morgan fingerprint density at radius 1 is 1.10 bits per heavy atom. The molecule has 1 unspecified atom stereocenters. The van der Waals surface area contributed by atoms with Crippen LogP contribution in [0, 0.1) is 5.82 Å². The number of hydrogen-bond donors (Lipinski definition) is 1. The van der Waals surface area contributed by atoms with E-state index in [2.05, 4.69) is 21.2 Å². The second kappa shape index (κ2) is 6.80. The predicted molar refractivity (Wildman–Crippen MR) is 85.7 cm³/mol. The van der Waals surface area contributed by atoms with Crippen LogP contribution in [-0.2, 0) is 0 Å². The van der Waals surface area contributed by atoms with Crippen molar-refractivity contribution < 1.29 is 13.9 Å². The summed E-state index contributed by atoms with van der Waals surface area (Å²) >= 11 is 3.34. The Morgan fingerprint density at radius 3 is 2.52 bits per heavy atom. The van der Waals surface area contributed by atoms with Crippen LogP contribution in [0.3, 0.4) is 0 Å². The Balaban J connectivity index is 2.31. The lowest BCUT2D eigenvalue weighted by Crippen LogP contribution is -2.09. The van der Waals surface area contributed by atoms with Crippen molar-refractivity contribution in [1.29, 1.82) is 0 Å². The molecule has 0 bridgehead atoms. The normalized spacial score (nSPS) is 11.9. The van der Waals surface area contributed by atoms with Crippen LogP contribution >= 0.6 is 15.9 Å². The molecule has 112 valence electrons. The summed E-state index contributed by atoms with van der Waals surface area (Å²) in [5.41, 5.74) is 1.33. The topological polar surface area (TPSA) is 30.5 Å². The van der Waals surface area contributed by atoms with Gasteiger partial charge in [-0.1, -0.05) is 15.9 Å². The SMILES string of the molecule is COc1ccc(OC)c(C(C)Nc2cc(Br)ccc2F)c1. The van der Waals surface area contributed by atoms with Crippen molar-refractivity contribution >= 4 is 21.6 Å². The van der Waals surface area contributed by atoms with Crippen molar-refractivity contribution in [3.05, 3.63) is 52.3 Å². The molecule has 0 aromatic heterocycles. The molecule has 1 N–H and O–H groups in total. The number of rotatable bonds is 5. The Morgan fingerprint density at radius 2 is 1.86 bits per heavy atom. The van der Waals surface area contributed by atoms with Gasteiger partial charge in [-0.3, -0.25) is 0 Å². The van der Waals surface area contributed by atoms with Crippen molar-refractivity contribution in [2.24, 2.45) is 0 Å². The third kappa shape index (κ3) is 3.67. The quantitative estimate of drug-likeness (QED) is 0.838. The number of methoxy groups -OCH3 is 2. The van der Waals surface area contributed by atoms with Crippen molar-refractivity contribution in [3.63, 3.8) is 0 Å². The lowest BCUT2D eigenvalue weighted by atomic mass is 10.1. The van der Waals surface area contributed by atoms with Crippen LogP contribution in [0.5, 0.6) is 11.5 Å². The van der Waals surface area contributed by atoms with Gasteiger partial charge in [0.2, 0.25) is 0 Å². The van der Waals surface area contributed by atoms with E-state index in [1.165, 1.54) is 6.07 Å². The fraction of sp³-hybridized carbons (Fsp3) is 0.250. The average molecular weight is 354 g/mol. The van der Waals surface area contributed by atoms with E-state index in [1.807, 2.05) is 25.1 Å². The fourth-order valence-corrected chi connectivity index (χ4v) is 2.46. The van der Waals surface area contributed by atoms with Crippen LogP contribution in [0.1, 0.15) is 18.5 Å². The molecule has 21 heavy (non-hydrogen) atoms. The number of nitrogens with one attached hydrogen (secondary N) is 1. The van der Waals surface area contributed by atoms with Gasteiger partial charge in [0.1, 0.15) is 17.3 Å². The van der Waals surface area contributed by atoms with Gasteiger partial charge < -0.3 is 14.8 Å². The minimum atomic E-state index is -0.299. The Hall–Kier alpha value is -1.75. The second-order valence-corrected chi connectivity index (χ2v) is 5.51. The van der Waals surface area contributed by atoms with E-state index in [0.717, 1.165) is 21.5 Å². The molecule has 0 amide bonds. The smallest absolute Gasteiger partial charge is 0.146 e. The Kier molecular flexibility index (Phi) is 5.07. The van der Waals surface area contributed by atoms with Gasteiger partial charge >= 0.3 is 0 Å². The molecule has 3 nitrogen and oxygen atoms in total. The highest BCUT2D eigenvalue weighted by Crippen LogP contribution is 2.32. The van der Waals surface area contributed by atoms with Gasteiger partial charge in [0.05, 0.1) is 25.9 Å². The summed E-state index contributed by atoms with van der Waals surface area (Å²) in [5.74, 6) is 1.16. The standard InChI is InChI=1S/C16H17BrFNO2/c1-10(19-15-8-11(17)4-6-14(15)18)13-9-12(20-2)5-7-16(13)21-3/h4-10,19H,1-3H3. The maximum atomic E-state index is 13.8. The summed E-state index contributed by atoms with van der Waals surface area (Å²) in [6, 6.07) is 10.2. The van der Waals surface area contributed by atoms with E-state index in [4.69, 9.17) is 9.47 Å². The minimum absolute atomic E-state index is 0.140. The summed E-state index contributed by atoms with van der Waals surface area (Å²) in [5, 5.41) is 3.15. The molecular formula is C16H17BrFNO2. The first-order valence-electron chi connectivity index (χ1n) is 6.48. The van der Waals surface area contributed by atoms with E-state index in [-0.39, 0.29) is 11.9 Å². The van der Waals surface area contributed by atoms with Gasteiger partial charge in [-0.25, -0.2) is 4.39 Å². The van der Waals surface area contributed by atoms with Crippen LogP contribution in [0.25, 0.3) is 0 Å². The third-order valence-electron chi connectivity index (χ3n) is 3.20. The van der Waals surface area contributed by atoms with Crippen LogP contribution in [0.4, 0.5) is 10.1 Å². The third-order valence-corrected chi connectivity index (χ3v) is 3.70. The second-order valence-electron chi connectivity index (χ2n) is 4.60. The highest BCUT2D eigenvalue weighted by Gasteiger charge is 2.14. The zero-order valence-electron chi connectivity index (χ0n) is 12.1. The number of ether oxygens (including phenoxy) is 2. The molecular weight excluding hydrogens is 337 g/mol. The molecule has 2 aromatic carbocycles. The van der Waals surface area contributed by atoms with Crippen molar-refractivity contribution in [2.75, 3.05) is 19.5 Å². The Labute approximate surface area is 132 Å². The monoisotopic (exact) mass is 353 g/mol. The largest absolute Gasteiger partial charge is 0.497 e. The molecule has 0 fully saturated rings. The first kappa shape index (κ1) is 15.6. The first-order chi connectivity index (χ1) is 10.0. The molecule has 5 heteroatoms. The zero-order valence-corrected chi connectivity index (χ0v) is 13.7. The lowest BCUT2D eigenvalue weighted by Gasteiger charge is -2.19. The molecule has 0 radical (unpaired) electrons. The molecule has 0 spiro atoms.